The number of hydrogen-bond acceptors (Lipinski definition) is 1. The summed E-state index contributed by atoms with van der Waals surface area (Å²) in [6.07, 6.45) is 1.09. The maximum absolute atomic E-state index is 4.47. The summed E-state index contributed by atoms with van der Waals surface area (Å²) in [5, 5.41) is 3.53. The van der Waals surface area contributed by atoms with Gasteiger partial charge in [-0.15, -0.1) is 24.0 Å². The van der Waals surface area contributed by atoms with E-state index in [1.807, 2.05) is 7.05 Å². The van der Waals surface area contributed by atoms with Gasteiger partial charge in [-0.3, -0.25) is 4.99 Å². The van der Waals surface area contributed by atoms with E-state index in [0.29, 0.717) is 5.92 Å². The fraction of sp³-hybridized carbons (Fsp3) is 0.316. The molecule has 122 valence electrons. The third-order valence-electron chi connectivity index (χ3n) is 4.29. The molecule has 1 heterocycles. The van der Waals surface area contributed by atoms with E-state index in [-0.39, 0.29) is 24.0 Å². The van der Waals surface area contributed by atoms with Gasteiger partial charge in [-0.05, 0) is 29.5 Å². The van der Waals surface area contributed by atoms with Gasteiger partial charge in [0.2, 0.25) is 0 Å². The average Bonchev–Trinajstić information content (AvgIpc) is 3.00. The molecule has 0 saturated carbocycles. The van der Waals surface area contributed by atoms with Crippen molar-refractivity contribution >= 4 is 35.6 Å². The SMILES string of the molecule is CN=C(NCC(C)c1ccccc1)N1CCc2ccccc21.I. The van der Waals surface area contributed by atoms with Crippen molar-refractivity contribution in [2.24, 2.45) is 4.99 Å². The minimum Gasteiger partial charge on any atom is -0.355 e. The summed E-state index contributed by atoms with van der Waals surface area (Å²) < 4.78 is 0. The highest BCUT2D eigenvalue weighted by atomic mass is 127. The average molecular weight is 421 g/mol. The molecule has 0 fully saturated rings. The van der Waals surface area contributed by atoms with Gasteiger partial charge in [0.05, 0.1) is 0 Å². The smallest absolute Gasteiger partial charge is 0.198 e. The van der Waals surface area contributed by atoms with Crippen LogP contribution in [0.4, 0.5) is 5.69 Å². The molecule has 0 spiro atoms. The molecule has 3 nitrogen and oxygen atoms in total. The van der Waals surface area contributed by atoms with Crippen LogP contribution in [0.5, 0.6) is 0 Å². The van der Waals surface area contributed by atoms with Crippen molar-refractivity contribution in [2.75, 3.05) is 25.0 Å². The second kappa shape index (κ2) is 8.34. The number of para-hydroxylation sites is 1. The minimum absolute atomic E-state index is 0. The van der Waals surface area contributed by atoms with E-state index in [2.05, 4.69) is 76.7 Å². The lowest BCUT2D eigenvalue weighted by molar-refractivity contribution is 0.711. The Morgan fingerprint density at radius 3 is 2.57 bits per heavy atom. The zero-order chi connectivity index (χ0) is 15.4. The number of rotatable bonds is 3. The fourth-order valence-electron chi connectivity index (χ4n) is 3.00. The molecule has 1 aliphatic rings. The molecular formula is C19H24IN3. The van der Waals surface area contributed by atoms with Gasteiger partial charge < -0.3 is 10.2 Å². The number of fused-ring (bicyclic) bond motifs is 1. The van der Waals surface area contributed by atoms with Crippen LogP contribution in [-0.4, -0.2) is 26.1 Å². The molecule has 0 saturated heterocycles. The lowest BCUT2D eigenvalue weighted by atomic mass is 10.0. The Morgan fingerprint density at radius 1 is 1.13 bits per heavy atom. The number of aliphatic imine (C=N–C) groups is 1. The van der Waals surface area contributed by atoms with E-state index in [1.165, 1.54) is 16.8 Å². The van der Waals surface area contributed by atoms with Crippen LogP contribution in [-0.2, 0) is 6.42 Å². The number of hydrogen-bond donors (Lipinski definition) is 1. The van der Waals surface area contributed by atoms with Crippen molar-refractivity contribution in [3.63, 3.8) is 0 Å². The molecule has 0 aliphatic carbocycles. The molecule has 4 heteroatoms. The van der Waals surface area contributed by atoms with Crippen molar-refractivity contribution in [1.82, 2.24) is 5.32 Å². The van der Waals surface area contributed by atoms with Crippen LogP contribution in [0.1, 0.15) is 24.0 Å². The zero-order valence-electron chi connectivity index (χ0n) is 13.7. The summed E-state index contributed by atoms with van der Waals surface area (Å²) in [5.41, 5.74) is 4.04. The first-order valence-electron chi connectivity index (χ1n) is 7.90. The molecule has 1 atom stereocenters. The molecule has 23 heavy (non-hydrogen) atoms. The molecule has 0 bridgehead atoms. The van der Waals surface area contributed by atoms with Crippen molar-refractivity contribution in [3.05, 3.63) is 65.7 Å². The summed E-state index contributed by atoms with van der Waals surface area (Å²) in [5.74, 6) is 1.42. The highest BCUT2D eigenvalue weighted by Gasteiger charge is 2.22. The van der Waals surface area contributed by atoms with Crippen LogP contribution in [0.15, 0.2) is 59.6 Å². The van der Waals surface area contributed by atoms with Gasteiger partial charge in [-0.1, -0.05) is 55.5 Å². The molecule has 3 rings (SSSR count). The summed E-state index contributed by atoms with van der Waals surface area (Å²) in [7, 11) is 1.86. The third kappa shape index (κ3) is 4.05. The first-order chi connectivity index (χ1) is 10.8. The predicted octanol–water partition coefficient (Wildman–Crippen LogP) is 4.05. The topological polar surface area (TPSA) is 27.6 Å². The molecule has 2 aromatic carbocycles. The van der Waals surface area contributed by atoms with Crippen molar-refractivity contribution in [1.29, 1.82) is 0 Å². The molecular weight excluding hydrogens is 397 g/mol. The van der Waals surface area contributed by atoms with Crippen LogP contribution in [0.3, 0.4) is 0 Å². The quantitative estimate of drug-likeness (QED) is 0.460. The molecule has 0 aromatic heterocycles. The van der Waals surface area contributed by atoms with E-state index in [0.717, 1.165) is 25.5 Å². The third-order valence-corrected chi connectivity index (χ3v) is 4.29. The van der Waals surface area contributed by atoms with Crippen LogP contribution in [0.25, 0.3) is 0 Å². The molecule has 0 radical (unpaired) electrons. The molecule has 1 unspecified atom stereocenters. The Balaban J connectivity index is 0.00000192. The van der Waals surface area contributed by atoms with Gasteiger partial charge in [0.15, 0.2) is 5.96 Å². The summed E-state index contributed by atoms with van der Waals surface area (Å²) in [4.78, 5) is 6.75. The fourth-order valence-corrected chi connectivity index (χ4v) is 3.00. The van der Waals surface area contributed by atoms with Gasteiger partial charge in [0.1, 0.15) is 0 Å². The standard InChI is InChI=1S/C19H23N3.HI/c1-15(16-8-4-3-5-9-16)14-21-19(20-2)22-13-12-17-10-6-7-11-18(17)22;/h3-11,15H,12-14H2,1-2H3,(H,20,21);1H. The Labute approximate surface area is 155 Å². The van der Waals surface area contributed by atoms with Gasteiger partial charge >= 0.3 is 0 Å². The maximum atomic E-state index is 4.47. The minimum atomic E-state index is 0. The number of guanidine groups is 1. The van der Waals surface area contributed by atoms with Crippen LogP contribution < -0.4 is 10.2 Å². The van der Waals surface area contributed by atoms with Gasteiger partial charge in [-0.25, -0.2) is 0 Å². The number of anilines is 1. The van der Waals surface area contributed by atoms with E-state index < -0.39 is 0 Å². The Bertz CT molecular complexity index is 655. The van der Waals surface area contributed by atoms with Gasteiger partial charge in [0, 0.05) is 25.8 Å². The van der Waals surface area contributed by atoms with Crippen molar-refractivity contribution in [3.8, 4) is 0 Å². The van der Waals surface area contributed by atoms with Crippen LogP contribution >= 0.6 is 24.0 Å². The van der Waals surface area contributed by atoms with E-state index in [4.69, 9.17) is 0 Å². The number of halogens is 1. The monoisotopic (exact) mass is 421 g/mol. The van der Waals surface area contributed by atoms with Gasteiger partial charge in [-0.2, -0.15) is 0 Å². The predicted molar refractivity (Wildman–Crippen MR) is 109 cm³/mol. The number of benzene rings is 2. The highest BCUT2D eigenvalue weighted by Crippen LogP contribution is 2.27. The Morgan fingerprint density at radius 2 is 1.83 bits per heavy atom. The summed E-state index contributed by atoms with van der Waals surface area (Å²) in [6.45, 7) is 4.13. The molecule has 1 aliphatic heterocycles. The van der Waals surface area contributed by atoms with Crippen molar-refractivity contribution < 1.29 is 0 Å². The Hall–Kier alpha value is -1.56. The van der Waals surface area contributed by atoms with Crippen LogP contribution in [0.2, 0.25) is 0 Å². The maximum Gasteiger partial charge on any atom is 0.198 e. The molecule has 1 N–H and O–H groups in total. The second-order valence-corrected chi connectivity index (χ2v) is 5.77. The molecule has 2 aromatic rings. The summed E-state index contributed by atoms with van der Waals surface area (Å²) >= 11 is 0. The van der Waals surface area contributed by atoms with E-state index >= 15 is 0 Å². The number of nitrogens with zero attached hydrogens (tertiary/aromatic N) is 2. The largest absolute Gasteiger partial charge is 0.355 e. The summed E-state index contributed by atoms with van der Waals surface area (Å²) in [6, 6.07) is 19.2. The lowest BCUT2D eigenvalue weighted by Crippen LogP contribution is -2.41. The second-order valence-electron chi connectivity index (χ2n) is 5.77. The van der Waals surface area contributed by atoms with Gasteiger partial charge in [0.25, 0.3) is 0 Å². The first kappa shape index (κ1) is 17.8. The van der Waals surface area contributed by atoms with Crippen molar-refractivity contribution in [2.45, 2.75) is 19.3 Å². The zero-order valence-corrected chi connectivity index (χ0v) is 16.0. The number of nitrogens with one attached hydrogen (secondary N) is 1. The molecule has 0 amide bonds. The van der Waals surface area contributed by atoms with Crippen LogP contribution in [0, 0.1) is 0 Å². The van der Waals surface area contributed by atoms with E-state index in [1.54, 1.807) is 0 Å². The Kier molecular flexibility index (Phi) is 6.45. The normalized spacial score (nSPS) is 14.9. The van der Waals surface area contributed by atoms with E-state index in [9.17, 15) is 0 Å². The lowest BCUT2D eigenvalue weighted by Gasteiger charge is -2.24. The first-order valence-corrected chi connectivity index (χ1v) is 7.90. The highest BCUT2D eigenvalue weighted by molar-refractivity contribution is 14.0.